The maximum atomic E-state index is 13.4. The van der Waals surface area contributed by atoms with Crippen molar-refractivity contribution in [3.63, 3.8) is 0 Å². The predicted molar refractivity (Wildman–Crippen MR) is 95.6 cm³/mol. The fraction of sp³-hybridized carbons (Fsp3) is 0.381. The zero-order valence-corrected chi connectivity index (χ0v) is 15.3. The molecule has 0 N–H and O–H groups in total. The topological polar surface area (TPSA) is 35.5 Å². The molecule has 0 aliphatic carbocycles. The van der Waals surface area contributed by atoms with Crippen LogP contribution in [0.4, 0.5) is 4.39 Å². The van der Waals surface area contributed by atoms with Crippen molar-refractivity contribution in [1.82, 2.24) is 0 Å². The van der Waals surface area contributed by atoms with Crippen molar-refractivity contribution >= 4 is 5.97 Å². The van der Waals surface area contributed by atoms with Gasteiger partial charge in [-0.3, -0.25) is 4.79 Å². The van der Waals surface area contributed by atoms with Crippen LogP contribution in [0, 0.1) is 19.7 Å². The first kappa shape index (κ1) is 17.5. The van der Waals surface area contributed by atoms with Gasteiger partial charge in [-0.05, 0) is 69.4 Å². The van der Waals surface area contributed by atoms with E-state index >= 15 is 0 Å². The van der Waals surface area contributed by atoms with Gasteiger partial charge >= 0.3 is 5.97 Å². The second-order valence-corrected chi connectivity index (χ2v) is 7.22. The summed E-state index contributed by atoms with van der Waals surface area (Å²) in [4.78, 5) is 11.7. The Labute approximate surface area is 147 Å². The lowest BCUT2D eigenvalue weighted by atomic mass is 9.85. The van der Waals surface area contributed by atoms with Crippen LogP contribution >= 0.6 is 0 Å². The number of esters is 1. The summed E-state index contributed by atoms with van der Waals surface area (Å²) < 4.78 is 25.2. The fourth-order valence-electron chi connectivity index (χ4n) is 3.33. The average Bonchev–Trinajstić information content (AvgIpc) is 2.53. The molecule has 0 radical (unpaired) electrons. The lowest BCUT2D eigenvalue weighted by molar-refractivity contribution is -0.131. The molecule has 25 heavy (non-hydrogen) atoms. The summed E-state index contributed by atoms with van der Waals surface area (Å²) in [5.74, 6) is 0.721. The van der Waals surface area contributed by atoms with Crippen LogP contribution in [0.25, 0.3) is 11.1 Å². The summed E-state index contributed by atoms with van der Waals surface area (Å²) in [6.45, 7) is 9.44. The lowest BCUT2D eigenvalue weighted by Crippen LogP contribution is -2.33. The SMILES string of the molecule is CC(=O)Oc1c(C)c(C)c2c(c1-c1ccc(F)cc1)CCC(C)(C)O2. The Kier molecular flexibility index (Phi) is 4.31. The number of rotatable bonds is 2. The minimum Gasteiger partial charge on any atom is -0.487 e. The van der Waals surface area contributed by atoms with Gasteiger partial charge in [-0.15, -0.1) is 0 Å². The molecule has 0 aromatic heterocycles. The van der Waals surface area contributed by atoms with E-state index in [1.54, 1.807) is 12.1 Å². The van der Waals surface area contributed by atoms with Gasteiger partial charge in [0.2, 0.25) is 0 Å². The van der Waals surface area contributed by atoms with E-state index in [1.807, 2.05) is 13.8 Å². The molecular formula is C21H23FO3. The van der Waals surface area contributed by atoms with Crippen LogP contribution in [-0.4, -0.2) is 11.6 Å². The predicted octanol–water partition coefficient (Wildman–Crippen LogP) is 5.14. The van der Waals surface area contributed by atoms with Gasteiger partial charge < -0.3 is 9.47 Å². The number of halogens is 1. The second-order valence-electron chi connectivity index (χ2n) is 7.22. The molecule has 4 heteroatoms. The van der Waals surface area contributed by atoms with E-state index in [9.17, 15) is 9.18 Å². The number of hydrogen-bond acceptors (Lipinski definition) is 3. The molecule has 0 spiro atoms. The molecule has 0 bridgehead atoms. The quantitative estimate of drug-likeness (QED) is 0.560. The molecule has 1 aliphatic heterocycles. The molecule has 0 saturated carbocycles. The number of carbonyl (C=O) groups is 1. The van der Waals surface area contributed by atoms with Crippen LogP contribution in [0.5, 0.6) is 11.5 Å². The molecule has 0 fully saturated rings. The van der Waals surface area contributed by atoms with Gasteiger partial charge in [-0.1, -0.05) is 12.1 Å². The van der Waals surface area contributed by atoms with Crippen LogP contribution in [0.15, 0.2) is 24.3 Å². The van der Waals surface area contributed by atoms with Crippen molar-refractivity contribution in [3.8, 4) is 22.6 Å². The smallest absolute Gasteiger partial charge is 0.308 e. The monoisotopic (exact) mass is 342 g/mol. The highest BCUT2D eigenvalue weighted by Crippen LogP contribution is 2.48. The molecule has 0 unspecified atom stereocenters. The summed E-state index contributed by atoms with van der Waals surface area (Å²) in [6, 6.07) is 6.27. The Morgan fingerprint density at radius 1 is 1.16 bits per heavy atom. The fourth-order valence-corrected chi connectivity index (χ4v) is 3.33. The summed E-state index contributed by atoms with van der Waals surface area (Å²) in [5.41, 5.74) is 4.26. The van der Waals surface area contributed by atoms with E-state index < -0.39 is 0 Å². The molecule has 0 atom stereocenters. The van der Waals surface area contributed by atoms with Crippen molar-refractivity contribution in [2.75, 3.05) is 0 Å². The summed E-state index contributed by atoms with van der Waals surface area (Å²) in [6.07, 6.45) is 1.67. The maximum absolute atomic E-state index is 13.4. The van der Waals surface area contributed by atoms with E-state index in [0.717, 1.165) is 46.4 Å². The van der Waals surface area contributed by atoms with Crippen LogP contribution in [-0.2, 0) is 11.2 Å². The van der Waals surface area contributed by atoms with Gasteiger partial charge in [0.15, 0.2) is 0 Å². The van der Waals surface area contributed by atoms with Gasteiger partial charge in [0.05, 0.1) is 0 Å². The Morgan fingerprint density at radius 3 is 2.40 bits per heavy atom. The van der Waals surface area contributed by atoms with E-state index in [1.165, 1.54) is 19.1 Å². The summed E-state index contributed by atoms with van der Waals surface area (Å²) >= 11 is 0. The zero-order chi connectivity index (χ0) is 18.4. The lowest BCUT2D eigenvalue weighted by Gasteiger charge is -2.36. The minimum atomic E-state index is -0.372. The van der Waals surface area contributed by atoms with Gasteiger partial charge in [-0.25, -0.2) is 4.39 Å². The molecule has 2 aromatic rings. The molecule has 2 aromatic carbocycles. The highest BCUT2D eigenvalue weighted by Gasteiger charge is 2.33. The number of fused-ring (bicyclic) bond motifs is 1. The maximum Gasteiger partial charge on any atom is 0.308 e. The molecule has 0 amide bonds. The molecule has 3 rings (SSSR count). The zero-order valence-electron chi connectivity index (χ0n) is 15.3. The Balaban J connectivity index is 2.31. The number of benzene rings is 2. The average molecular weight is 342 g/mol. The van der Waals surface area contributed by atoms with Crippen LogP contribution in [0.2, 0.25) is 0 Å². The van der Waals surface area contributed by atoms with Crippen LogP contribution < -0.4 is 9.47 Å². The van der Waals surface area contributed by atoms with Gasteiger partial charge in [-0.2, -0.15) is 0 Å². The van der Waals surface area contributed by atoms with E-state index in [0.29, 0.717) is 5.75 Å². The van der Waals surface area contributed by atoms with E-state index in [4.69, 9.17) is 9.47 Å². The molecule has 0 saturated heterocycles. The van der Waals surface area contributed by atoms with Crippen molar-refractivity contribution in [1.29, 1.82) is 0 Å². The second kappa shape index (κ2) is 6.17. The first-order valence-corrected chi connectivity index (χ1v) is 8.49. The molecule has 132 valence electrons. The Hall–Kier alpha value is -2.36. The first-order valence-electron chi connectivity index (χ1n) is 8.49. The van der Waals surface area contributed by atoms with Gasteiger partial charge in [0.25, 0.3) is 0 Å². The summed E-state index contributed by atoms with van der Waals surface area (Å²) in [7, 11) is 0. The third-order valence-electron chi connectivity index (χ3n) is 4.78. The highest BCUT2D eigenvalue weighted by atomic mass is 19.1. The standard InChI is InChI=1S/C21H23FO3/c1-12-13(2)20(24-14(3)23)18(15-6-8-16(22)9-7-15)17-10-11-21(4,5)25-19(12)17/h6-9H,10-11H2,1-5H3. The number of carbonyl (C=O) groups excluding carboxylic acids is 1. The van der Waals surface area contributed by atoms with E-state index in [-0.39, 0.29) is 17.4 Å². The normalized spacial score (nSPS) is 15.3. The van der Waals surface area contributed by atoms with Crippen molar-refractivity contribution in [3.05, 3.63) is 46.8 Å². The first-order chi connectivity index (χ1) is 11.7. The van der Waals surface area contributed by atoms with Crippen LogP contribution in [0.1, 0.15) is 43.9 Å². The third kappa shape index (κ3) is 3.26. The van der Waals surface area contributed by atoms with Crippen LogP contribution in [0.3, 0.4) is 0 Å². The van der Waals surface area contributed by atoms with Crippen molar-refractivity contribution < 1.29 is 18.7 Å². The third-order valence-corrected chi connectivity index (χ3v) is 4.78. The molecule has 1 heterocycles. The van der Waals surface area contributed by atoms with Crippen molar-refractivity contribution in [2.24, 2.45) is 0 Å². The summed E-state index contributed by atoms with van der Waals surface area (Å²) in [5, 5.41) is 0. The Bertz CT molecular complexity index is 835. The number of hydrogen-bond donors (Lipinski definition) is 0. The molecule has 1 aliphatic rings. The molecule has 3 nitrogen and oxygen atoms in total. The minimum absolute atomic E-state index is 0.243. The van der Waals surface area contributed by atoms with Gasteiger partial charge in [0, 0.05) is 18.1 Å². The highest BCUT2D eigenvalue weighted by molar-refractivity contribution is 5.83. The Morgan fingerprint density at radius 2 is 1.80 bits per heavy atom. The van der Waals surface area contributed by atoms with Gasteiger partial charge in [0.1, 0.15) is 22.9 Å². The van der Waals surface area contributed by atoms with Crippen molar-refractivity contribution in [2.45, 2.75) is 53.1 Å². The largest absolute Gasteiger partial charge is 0.487 e. The number of ether oxygens (including phenoxy) is 2. The molecular weight excluding hydrogens is 319 g/mol. The van der Waals surface area contributed by atoms with E-state index in [2.05, 4.69) is 13.8 Å².